The summed E-state index contributed by atoms with van der Waals surface area (Å²) in [5, 5.41) is 3.20. The molecule has 2 N–H and O–H groups in total. The minimum Gasteiger partial charge on any atom is -0.495 e. The molecule has 0 aliphatic carbocycles. The van der Waals surface area contributed by atoms with Crippen LogP contribution in [0.4, 0.5) is 5.69 Å². The van der Waals surface area contributed by atoms with Crippen LogP contribution in [0.25, 0.3) is 0 Å². The van der Waals surface area contributed by atoms with E-state index in [1.807, 2.05) is 68.4 Å². The van der Waals surface area contributed by atoms with Gasteiger partial charge in [-0.2, -0.15) is 4.72 Å². The van der Waals surface area contributed by atoms with Gasteiger partial charge in [0, 0.05) is 5.02 Å². The van der Waals surface area contributed by atoms with E-state index in [1.54, 1.807) is 42.5 Å². The van der Waals surface area contributed by atoms with Crippen molar-refractivity contribution >= 4 is 33.2 Å². The lowest BCUT2D eigenvalue weighted by Crippen LogP contribution is -2.45. The zero-order valence-corrected chi connectivity index (χ0v) is 24.0. The van der Waals surface area contributed by atoms with Gasteiger partial charge in [0.2, 0.25) is 15.9 Å². The monoisotopic (exact) mass is 578 g/mol. The van der Waals surface area contributed by atoms with Crippen LogP contribution in [0.2, 0.25) is 5.02 Å². The molecule has 0 saturated carbocycles. The Kier molecular flexibility index (Phi) is 9.47. The number of halogens is 1. The van der Waals surface area contributed by atoms with E-state index in [0.29, 0.717) is 22.2 Å². The maximum absolute atomic E-state index is 13.7. The summed E-state index contributed by atoms with van der Waals surface area (Å²) >= 11 is 6.24. The van der Waals surface area contributed by atoms with Crippen molar-refractivity contribution in [1.29, 1.82) is 0 Å². The number of carbonyl (C=O) groups excluding carboxylic acids is 1. The molecule has 0 fully saturated rings. The Hall–Kier alpha value is -3.85. The van der Waals surface area contributed by atoms with Crippen LogP contribution in [0.15, 0.2) is 102 Å². The van der Waals surface area contributed by atoms with Crippen LogP contribution < -0.4 is 19.5 Å². The third-order valence-corrected chi connectivity index (χ3v) is 7.94. The highest BCUT2D eigenvalue weighted by Crippen LogP contribution is 2.33. The topological polar surface area (TPSA) is 93.7 Å². The Bertz CT molecular complexity index is 1560. The van der Waals surface area contributed by atoms with Crippen LogP contribution in [0.5, 0.6) is 17.2 Å². The van der Waals surface area contributed by atoms with Crippen molar-refractivity contribution < 1.29 is 22.7 Å². The normalized spacial score (nSPS) is 12.1. The van der Waals surface area contributed by atoms with E-state index in [-0.39, 0.29) is 23.0 Å². The SMILES string of the molecule is COc1ccc(C(C)C)cc1S(=O)(=O)NC(Cc1ccccc1)C(=O)Nc1cc(Cl)ccc1Oc1ccccc1. The molecular formula is C31H31ClN2O5S. The van der Waals surface area contributed by atoms with Gasteiger partial charge in [-0.05, 0) is 65.9 Å². The zero-order chi connectivity index (χ0) is 28.7. The number of carbonyl (C=O) groups is 1. The summed E-state index contributed by atoms with van der Waals surface area (Å²) in [5.74, 6) is 0.625. The van der Waals surface area contributed by atoms with Gasteiger partial charge in [-0.3, -0.25) is 4.79 Å². The average molecular weight is 579 g/mol. The van der Waals surface area contributed by atoms with E-state index >= 15 is 0 Å². The van der Waals surface area contributed by atoms with E-state index < -0.39 is 22.0 Å². The highest BCUT2D eigenvalue weighted by Gasteiger charge is 2.29. The van der Waals surface area contributed by atoms with Crippen LogP contribution in [0, 0.1) is 0 Å². The van der Waals surface area contributed by atoms with Gasteiger partial charge in [0.1, 0.15) is 22.4 Å². The Morgan fingerprint density at radius 2 is 1.52 bits per heavy atom. The van der Waals surface area contributed by atoms with Crippen LogP contribution in [-0.4, -0.2) is 27.5 Å². The molecule has 0 aliphatic rings. The summed E-state index contributed by atoms with van der Waals surface area (Å²) in [5.41, 5.74) is 1.91. The van der Waals surface area contributed by atoms with Crippen molar-refractivity contribution in [3.63, 3.8) is 0 Å². The lowest BCUT2D eigenvalue weighted by Gasteiger charge is -2.21. The molecule has 1 unspecified atom stereocenters. The molecule has 0 aliphatic heterocycles. The van der Waals surface area contributed by atoms with Crippen molar-refractivity contribution in [2.45, 2.75) is 37.1 Å². The molecule has 0 radical (unpaired) electrons. The molecule has 0 heterocycles. The Labute approximate surface area is 240 Å². The summed E-state index contributed by atoms with van der Waals surface area (Å²) in [6.45, 7) is 3.94. The summed E-state index contributed by atoms with van der Waals surface area (Å²) < 4.78 is 41.3. The molecule has 7 nitrogen and oxygen atoms in total. The van der Waals surface area contributed by atoms with Crippen LogP contribution in [0.1, 0.15) is 30.9 Å². The van der Waals surface area contributed by atoms with Crippen LogP contribution in [-0.2, 0) is 21.2 Å². The van der Waals surface area contributed by atoms with Gasteiger partial charge in [0.05, 0.1) is 12.8 Å². The second-order valence-electron chi connectivity index (χ2n) is 9.47. The quantitative estimate of drug-likeness (QED) is 0.204. The average Bonchev–Trinajstić information content (AvgIpc) is 2.94. The number of anilines is 1. The molecule has 1 amide bonds. The standard InChI is InChI=1S/C31H31ClN2O5S/c1-21(2)23-14-16-29(38-3)30(19-23)40(36,37)34-27(18-22-10-6-4-7-11-22)31(35)33-26-20-24(32)15-17-28(26)39-25-12-8-5-9-13-25/h4-17,19-21,27,34H,18H2,1-3H3,(H,33,35). The van der Waals surface area contributed by atoms with E-state index in [1.165, 1.54) is 7.11 Å². The first kappa shape index (κ1) is 29.1. The fraction of sp³-hybridized carbons (Fsp3) is 0.194. The molecule has 0 aromatic heterocycles. The molecule has 40 heavy (non-hydrogen) atoms. The van der Waals surface area contributed by atoms with Gasteiger partial charge in [0.25, 0.3) is 0 Å². The van der Waals surface area contributed by atoms with Crippen LogP contribution >= 0.6 is 11.6 Å². The first-order valence-corrected chi connectivity index (χ1v) is 14.6. The smallest absolute Gasteiger partial charge is 0.245 e. The van der Waals surface area contributed by atoms with Gasteiger partial charge >= 0.3 is 0 Å². The van der Waals surface area contributed by atoms with Crippen LogP contribution in [0.3, 0.4) is 0 Å². The van der Waals surface area contributed by atoms with Gasteiger partial charge in [-0.1, -0.05) is 80.0 Å². The third kappa shape index (κ3) is 7.41. The minimum atomic E-state index is -4.18. The summed E-state index contributed by atoms with van der Waals surface area (Å²) in [6, 6.07) is 27.0. The first-order chi connectivity index (χ1) is 19.2. The number of hydrogen-bond donors (Lipinski definition) is 2. The number of ether oxygens (including phenoxy) is 2. The molecule has 0 bridgehead atoms. The van der Waals surface area contributed by atoms with E-state index in [4.69, 9.17) is 21.1 Å². The molecule has 0 spiro atoms. The van der Waals surface area contributed by atoms with E-state index in [2.05, 4.69) is 10.0 Å². The number of methoxy groups -OCH3 is 1. The number of amides is 1. The number of nitrogens with one attached hydrogen (secondary N) is 2. The van der Waals surface area contributed by atoms with Gasteiger partial charge in [-0.15, -0.1) is 0 Å². The van der Waals surface area contributed by atoms with Crippen molar-refractivity contribution in [2.24, 2.45) is 0 Å². The molecule has 9 heteroatoms. The maximum Gasteiger partial charge on any atom is 0.245 e. The number of rotatable bonds is 11. The molecule has 4 aromatic rings. The number of benzene rings is 4. The van der Waals surface area contributed by atoms with Gasteiger partial charge < -0.3 is 14.8 Å². The van der Waals surface area contributed by atoms with Gasteiger partial charge in [0.15, 0.2) is 5.75 Å². The molecule has 4 aromatic carbocycles. The fourth-order valence-electron chi connectivity index (χ4n) is 4.08. The Balaban J connectivity index is 1.67. The molecule has 4 rings (SSSR count). The number of sulfonamides is 1. The third-order valence-electron chi connectivity index (χ3n) is 6.21. The molecule has 1 atom stereocenters. The van der Waals surface area contributed by atoms with Crippen molar-refractivity contribution in [1.82, 2.24) is 4.72 Å². The lowest BCUT2D eigenvalue weighted by molar-refractivity contribution is -0.117. The van der Waals surface area contributed by atoms with Gasteiger partial charge in [-0.25, -0.2) is 8.42 Å². The zero-order valence-electron chi connectivity index (χ0n) is 22.4. The molecule has 208 valence electrons. The lowest BCUT2D eigenvalue weighted by atomic mass is 10.0. The number of hydrogen-bond acceptors (Lipinski definition) is 5. The van der Waals surface area contributed by atoms with Crippen molar-refractivity contribution in [3.05, 3.63) is 113 Å². The summed E-state index contributed by atoms with van der Waals surface area (Å²) in [7, 11) is -2.77. The number of para-hydroxylation sites is 1. The molecule has 0 saturated heterocycles. The van der Waals surface area contributed by atoms with E-state index in [9.17, 15) is 13.2 Å². The fourth-order valence-corrected chi connectivity index (χ4v) is 5.65. The Morgan fingerprint density at radius 1 is 0.875 bits per heavy atom. The van der Waals surface area contributed by atoms with Crippen molar-refractivity contribution in [2.75, 3.05) is 12.4 Å². The maximum atomic E-state index is 13.7. The summed E-state index contributed by atoms with van der Waals surface area (Å²) in [6.07, 6.45) is 0.105. The first-order valence-electron chi connectivity index (χ1n) is 12.7. The second-order valence-corrected chi connectivity index (χ2v) is 11.6. The minimum absolute atomic E-state index is 0.0390. The predicted molar refractivity (Wildman–Crippen MR) is 158 cm³/mol. The predicted octanol–water partition coefficient (Wildman–Crippen LogP) is 6.79. The molecular weight excluding hydrogens is 548 g/mol. The highest BCUT2D eigenvalue weighted by atomic mass is 35.5. The van der Waals surface area contributed by atoms with E-state index in [0.717, 1.165) is 11.1 Å². The van der Waals surface area contributed by atoms with Crippen molar-refractivity contribution in [3.8, 4) is 17.2 Å². The second kappa shape index (κ2) is 13.0. The Morgan fingerprint density at radius 3 is 2.17 bits per heavy atom. The highest BCUT2D eigenvalue weighted by molar-refractivity contribution is 7.89. The summed E-state index contributed by atoms with van der Waals surface area (Å²) in [4.78, 5) is 13.7. The largest absolute Gasteiger partial charge is 0.495 e.